The zero-order valence-electron chi connectivity index (χ0n) is 18.5. The number of benzene rings is 1. The highest BCUT2D eigenvalue weighted by atomic mass is 19.4. The summed E-state index contributed by atoms with van der Waals surface area (Å²) in [5.74, 6) is 1.26. The molecule has 0 aliphatic heterocycles. The SMILES string of the molecule is CC(NC(=O)/C(C#N)=C\Nc1cc(C(F)(F)F)cc(C(F)(F)F)c1)C12CC3CC(CC(C3)C1)C2. The van der Waals surface area contributed by atoms with E-state index in [4.69, 9.17) is 0 Å². The number of hydrogen-bond donors (Lipinski definition) is 2. The molecule has 184 valence electrons. The second-order valence-electron chi connectivity index (χ2n) is 10.1. The van der Waals surface area contributed by atoms with Crippen LogP contribution < -0.4 is 10.6 Å². The predicted octanol–water partition coefficient (Wildman–Crippen LogP) is 6.26. The second kappa shape index (κ2) is 8.51. The zero-order valence-corrected chi connectivity index (χ0v) is 18.5. The van der Waals surface area contributed by atoms with Crippen molar-refractivity contribution in [3.8, 4) is 6.07 Å². The summed E-state index contributed by atoms with van der Waals surface area (Å²) in [6.45, 7) is 1.91. The van der Waals surface area contributed by atoms with Gasteiger partial charge in [0.2, 0.25) is 0 Å². The first-order valence-electron chi connectivity index (χ1n) is 11.3. The van der Waals surface area contributed by atoms with Crippen LogP contribution >= 0.6 is 0 Å². The lowest BCUT2D eigenvalue weighted by Gasteiger charge is -2.59. The number of nitrogens with zero attached hydrogens (tertiary/aromatic N) is 1. The summed E-state index contributed by atoms with van der Waals surface area (Å²) in [6, 6.07) is 2.49. The minimum absolute atomic E-state index is 0.0139. The number of alkyl halides is 6. The number of halogens is 6. The van der Waals surface area contributed by atoms with Gasteiger partial charge < -0.3 is 10.6 Å². The number of nitrogens with one attached hydrogen (secondary N) is 2. The molecule has 0 saturated heterocycles. The number of nitriles is 1. The van der Waals surface area contributed by atoms with Gasteiger partial charge in [0, 0.05) is 17.9 Å². The monoisotopic (exact) mass is 485 g/mol. The van der Waals surface area contributed by atoms with Crippen LogP contribution in [0.4, 0.5) is 32.0 Å². The van der Waals surface area contributed by atoms with Crippen molar-refractivity contribution >= 4 is 11.6 Å². The van der Waals surface area contributed by atoms with Gasteiger partial charge in [-0.25, -0.2) is 0 Å². The van der Waals surface area contributed by atoms with Gasteiger partial charge in [-0.2, -0.15) is 31.6 Å². The van der Waals surface area contributed by atoms with Crippen molar-refractivity contribution in [3.05, 3.63) is 41.1 Å². The third kappa shape index (κ3) is 4.89. The molecule has 4 bridgehead atoms. The average Bonchev–Trinajstić information content (AvgIpc) is 2.71. The summed E-state index contributed by atoms with van der Waals surface area (Å²) in [5.41, 5.74) is -3.96. The fourth-order valence-electron chi connectivity index (χ4n) is 6.48. The first kappa shape index (κ1) is 24.4. The molecule has 0 radical (unpaired) electrons. The molecule has 1 unspecified atom stereocenters. The molecular weight excluding hydrogens is 460 g/mol. The van der Waals surface area contributed by atoms with Crippen molar-refractivity contribution in [2.75, 3.05) is 5.32 Å². The van der Waals surface area contributed by atoms with E-state index < -0.39 is 40.6 Å². The van der Waals surface area contributed by atoms with Crippen LogP contribution in [-0.2, 0) is 17.1 Å². The number of carbonyl (C=O) groups excluding carboxylic acids is 1. The van der Waals surface area contributed by atoms with E-state index in [0.29, 0.717) is 29.9 Å². The molecule has 4 fully saturated rings. The number of carbonyl (C=O) groups is 1. The van der Waals surface area contributed by atoms with E-state index in [1.54, 1.807) is 6.07 Å². The van der Waals surface area contributed by atoms with Crippen LogP contribution in [0, 0.1) is 34.5 Å². The molecule has 34 heavy (non-hydrogen) atoms. The Morgan fingerprint density at radius 3 is 1.88 bits per heavy atom. The summed E-state index contributed by atoms with van der Waals surface area (Å²) >= 11 is 0. The van der Waals surface area contributed by atoms with Crippen LogP contribution in [0.25, 0.3) is 0 Å². The van der Waals surface area contributed by atoms with E-state index in [1.807, 2.05) is 6.92 Å². The smallest absolute Gasteiger partial charge is 0.360 e. The lowest BCUT2D eigenvalue weighted by Crippen LogP contribution is -2.56. The number of rotatable bonds is 5. The minimum Gasteiger partial charge on any atom is -0.360 e. The van der Waals surface area contributed by atoms with Gasteiger partial charge in [-0.1, -0.05) is 0 Å². The molecular formula is C24H25F6N3O. The van der Waals surface area contributed by atoms with E-state index in [-0.39, 0.29) is 17.5 Å². The molecule has 10 heteroatoms. The van der Waals surface area contributed by atoms with Crippen LogP contribution in [0.2, 0.25) is 0 Å². The molecule has 4 saturated carbocycles. The van der Waals surface area contributed by atoms with E-state index in [0.717, 1.165) is 25.5 Å². The number of anilines is 1. The average molecular weight is 485 g/mol. The van der Waals surface area contributed by atoms with Gasteiger partial charge in [-0.15, -0.1) is 0 Å². The Hall–Kier alpha value is -2.70. The Morgan fingerprint density at radius 1 is 1.00 bits per heavy atom. The maximum atomic E-state index is 13.1. The van der Waals surface area contributed by atoms with Gasteiger partial charge in [0.05, 0.1) is 11.1 Å². The van der Waals surface area contributed by atoms with Gasteiger partial charge in [0.25, 0.3) is 5.91 Å². The molecule has 1 amide bonds. The van der Waals surface area contributed by atoms with Crippen LogP contribution in [0.5, 0.6) is 0 Å². The Kier molecular flexibility index (Phi) is 6.11. The van der Waals surface area contributed by atoms with E-state index in [9.17, 15) is 36.4 Å². The topological polar surface area (TPSA) is 64.9 Å². The largest absolute Gasteiger partial charge is 0.416 e. The maximum absolute atomic E-state index is 13.1. The third-order valence-corrected chi connectivity index (χ3v) is 7.69. The van der Waals surface area contributed by atoms with Gasteiger partial charge in [0.15, 0.2) is 0 Å². The van der Waals surface area contributed by atoms with Crippen molar-refractivity contribution < 1.29 is 31.1 Å². The highest BCUT2D eigenvalue weighted by molar-refractivity contribution is 5.97. The summed E-state index contributed by atoms with van der Waals surface area (Å²) in [4.78, 5) is 12.7. The zero-order chi connectivity index (χ0) is 24.9. The van der Waals surface area contributed by atoms with Crippen molar-refractivity contribution in [1.29, 1.82) is 5.26 Å². The van der Waals surface area contributed by atoms with E-state index in [2.05, 4.69) is 10.6 Å². The molecule has 1 atom stereocenters. The van der Waals surface area contributed by atoms with E-state index >= 15 is 0 Å². The van der Waals surface area contributed by atoms with Gasteiger partial charge in [-0.05, 0) is 86.8 Å². The minimum atomic E-state index is -5.00. The maximum Gasteiger partial charge on any atom is 0.416 e. The Morgan fingerprint density at radius 2 is 1.47 bits per heavy atom. The first-order chi connectivity index (χ1) is 15.8. The highest BCUT2D eigenvalue weighted by Crippen LogP contribution is 2.61. The third-order valence-electron chi connectivity index (χ3n) is 7.69. The lowest BCUT2D eigenvalue weighted by molar-refractivity contribution is -0.143. The van der Waals surface area contributed by atoms with Crippen molar-refractivity contribution in [1.82, 2.24) is 5.32 Å². The Labute approximate surface area is 193 Å². The fraction of sp³-hybridized carbons (Fsp3) is 0.583. The number of amides is 1. The highest BCUT2D eigenvalue weighted by Gasteiger charge is 2.53. The lowest BCUT2D eigenvalue weighted by atomic mass is 9.48. The van der Waals surface area contributed by atoms with Crippen LogP contribution in [0.15, 0.2) is 30.0 Å². The molecule has 2 N–H and O–H groups in total. The second-order valence-corrected chi connectivity index (χ2v) is 10.1. The molecule has 0 heterocycles. The van der Waals surface area contributed by atoms with Gasteiger partial charge in [0.1, 0.15) is 11.6 Å². The molecule has 5 rings (SSSR count). The van der Waals surface area contributed by atoms with Gasteiger partial charge >= 0.3 is 12.4 Å². The first-order valence-corrected chi connectivity index (χ1v) is 11.3. The standard InChI is InChI=1S/C24H25F6N3O/c1-13(22-8-14-2-15(9-22)4-16(3-14)10-22)33-21(34)17(11-31)12-32-20-6-18(23(25,26)27)5-19(7-20)24(28,29)30/h5-7,12-16,32H,2-4,8-10H2,1H3,(H,33,34)/b17-12-. The molecule has 4 aliphatic rings. The van der Waals surface area contributed by atoms with E-state index in [1.165, 1.54) is 19.3 Å². The summed E-state index contributed by atoms with van der Waals surface area (Å²) < 4.78 is 78.3. The van der Waals surface area contributed by atoms with Crippen LogP contribution in [0.1, 0.15) is 56.6 Å². The molecule has 1 aromatic carbocycles. The van der Waals surface area contributed by atoms with Crippen LogP contribution in [-0.4, -0.2) is 11.9 Å². The Bertz CT molecular complexity index is 969. The fourth-order valence-corrected chi connectivity index (χ4v) is 6.48. The molecule has 4 aliphatic carbocycles. The quantitative estimate of drug-likeness (QED) is 0.294. The summed E-state index contributed by atoms with van der Waals surface area (Å²) in [6.07, 6.45) is -2.40. The van der Waals surface area contributed by atoms with Crippen molar-refractivity contribution in [3.63, 3.8) is 0 Å². The van der Waals surface area contributed by atoms with Gasteiger partial charge in [-0.3, -0.25) is 4.79 Å². The molecule has 4 nitrogen and oxygen atoms in total. The predicted molar refractivity (Wildman–Crippen MR) is 112 cm³/mol. The number of hydrogen-bond acceptors (Lipinski definition) is 3. The summed E-state index contributed by atoms with van der Waals surface area (Å²) in [5, 5.41) is 14.5. The van der Waals surface area contributed by atoms with Crippen molar-refractivity contribution in [2.45, 2.75) is 63.8 Å². The normalized spacial score (nSPS) is 29.5. The molecule has 0 aromatic heterocycles. The summed E-state index contributed by atoms with van der Waals surface area (Å²) in [7, 11) is 0. The van der Waals surface area contributed by atoms with Crippen LogP contribution in [0.3, 0.4) is 0 Å². The van der Waals surface area contributed by atoms with Crippen molar-refractivity contribution in [2.24, 2.45) is 23.2 Å². The Balaban J connectivity index is 1.49. The molecule has 0 spiro atoms. The molecule has 1 aromatic rings.